The normalized spacial score (nSPS) is 9.90. The lowest BCUT2D eigenvalue weighted by molar-refractivity contribution is -0.140. The van der Waals surface area contributed by atoms with Crippen molar-refractivity contribution in [1.82, 2.24) is 4.98 Å². The number of hydrogen-bond acceptors (Lipinski definition) is 6. The molecular weight excluding hydrogens is 286 g/mol. The van der Waals surface area contributed by atoms with E-state index in [4.69, 9.17) is 5.26 Å². The van der Waals surface area contributed by atoms with Crippen LogP contribution in [0.5, 0.6) is 0 Å². The van der Waals surface area contributed by atoms with Gasteiger partial charge in [-0.05, 0) is 17.7 Å². The molecule has 2 rings (SSSR count). The van der Waals surface area contributed by atoms with Gasteiger partial charge in [-0.1, -0.05) is 12.1 Å². The monoisotopic (exact) mass is 301 g/mol. The number of thiazole rings is 1. The molecule has 6 heteroatoms. The Morgan fingerprint density at radius 2 is 2.19 bits per heavy atom. The third-order valence-corrected chi connectivity index (χ3v) is 3.74. The Morgan fingerprint density at radius 3 is 2.86 bits per heavy atom. The van der Waals surface area contributed by atoms with Gasteiger partial charge in [0.05, 0.1) is 30.9 Å². The summed E-state index contributed by atoms with van der Waals surface area (Å²) in [6.07, 6.45) is 0.928. The summed E-state index contributed by atoms with van der Waals surface area (Å²) >= 11 is 1.51. The largest absolute Gasteiger partial charge is 0.469 e. The average Bonchev–Trinajstić information content (AvgIpc) is 2.99. The van der Waals surface area contributed by atoms with Crippen LogP contribution in [0.1, 0.15) is 23.2 Å². The topological polar surface area (TPSA) is 75.0 Å². The Morgan fingerprint density at radius 1 is 1.43 bits per heavy atom. The summed E-state index contributed by atoms with van der Waals surface area (Å²) in [6, 6.07) is 9.50. The third kappa shape index (κ3) is 4.58. The van der Waals surface area contributed by atoms with Crippen molar-refractivity contribution in [1.29, 1.82) is 5.26 Å². The van der Waals surface area contributed by atoms with E-state index >= 15 is 0 Å². The van der Waals surface area contributed by atoms with E-state index in [1.165, 1.54) is 18.4 Å². The van der Waals surface area contributed by atoms with Crippen LogP contribution in [0.2, 0.25) is 0 Å². The minimum Gasteiger partial charge on any atom is -0.469 e. The SMILES string of the molecule is COC(=O)CCc1csc(NCc2ccc(C#N)cc2)n1. The number of rotatable bonds is 6. The van der Waals surface area contributed by atoms with Gasteiger partial charge in [-0.25, -0.2) is 4.98 Å². The van der Waals surface area contributed by atoms with E-state index < -0.39 is 0 Å². The van der Waals surface area contributed by atoms with Gasteiger partial charge >= 0.3 is 5.97 Å². The summed E-state index contributed by atoms with van der Waals surface area (Å²) < 4.78 is 4.60. The molecule has 0 saturated heterocycles. The van der Waals surface area contributed by atoms with Gasteiger partial charge < -0.3 is 10.1 Å². The molecule has 0 spiro atoms. The highest BCUT2D eigenvalue weighted by Gasteiger charge is 2.05. The van der Waals surface area contributed by atoms with Gasteiger partial charge in [0, 0.05) is 18.3 Å². The van der Waals surface area contributed by atoms with Crippen LogP contribution in [0, 0.1) is 11.3 Å². The fraction of sp³-hybridized carbons (Fsp3) is 0.267. The van der Waals surface area contributed by atoms with E-state index in [2.05, 4.69) is 21.1 Å². The molecule has 0 saturated carbocycles. The summed E-state index contributed by atoms with van der Waals surface area (Å²) in [4.78, 5) is 15.5. The van der Waals surface area contributed by atoms with Crippen LogP contribution in [0.25, 0.3) is 0 Å². The maximum absolute atomic E-state index is 11.1. The van der Waals surface area contributed by atoms with Gasteiger partial charge in [-0.2, -0.15) is 5.26 Å². The second-order valence-electron chi connectivity index (χ2n) is 4.38. The predicted octanol–water partition coefficient (Wildman–Crippen LogP) is 2.73. The molecular formula is C15H15N3O2S. The molecule has 0 amide bonds. The van der Waals surface area contributed by atoms with Crippen LogP contribution >= 0.6 is 11.3 Å². The molecule has 1 N–H and O–H groups in total. The number of esters is 1. The predicted molar refractivity (Wildman–Crippen MR) is 80.9 cm³/mol. The first-order chi connectivity index (χ1) is 10.2. The first kappa shape index (κ1) is 15.0. The second-order valence-corrected chi connectivity index (χ2v) is 5.24. The number of benzene rings is 1. The molecule has 0 fully saturated rings. The van der Waals surface area contributed by atoms with Crippen molar-refractivity contribution in [3.8, 4) is 6.07 Å². The molecule has 0 radical (unpaired) electrons. The van der Waals surface area contributed by atoms with Gasteiger partial charge in [0.2, 0.25) is 0 Å². The van der Waals surface area contributed by atoms with Crippen molar-refractivity contribution in [2.45, 2.75) is 19.4 Å². The van der Waals surface area contributed by atoms with Gasteiger partial charge in [-0.15, -0.1) is 11.3 Å². The Hall–Kier alpha value is -2.39. The average molecular weight is 301 g/mol. The zero-order valence-corrected chi connectivity index (χ0v) is 12.4. The number of carbonyl (C=O) groups is 1. The first-order valence-electron chi connectivity index (χ1n) is 6.45. The third-order valence-electron chi connectivity index (χ3n) is 2.89. The zero-order chi connectivity index (χ0) is 15.1. The van der Waals surface area contributed by atoms with Crippen LogP contribution in [0.15, 0.2) is 29.6 Å². The van der Waals surface area contributed by atoms with E-state index in [9.17, 15) is 4.79 Å². The molecule has 1 heterocycles. The number of hydrogen-bond donors (Lipinski definition) is 1. The molecule has 0 unspecified atom stereocenters. The summed E-state index contributed by atoms with van der Waals surface area (Å²) in [5.74, 6) is -0.227. The van der Waals surface area contributed by atoms with E-state index in [0.717, 1.165) is 16.4 Å². The molecule has 0 aliphatic rings. The Labute approximate surface area is 127 Å². The number of nitriles is 1. The molecule has 0 aliphatic carbocycles. The van der Waals surface area contributed by atoms with Crippen LogP contribution in [0.3, 0.4) is 0 Å². The number of aryl methyl sites for hydroxylation is 1. The minimum absolute atomic E-state index is 0.227. The highest BCUT2D eigenvalue weighted by molar-refractivity contribution is 7.13. The molecule has 2 aromatic rings. The molecule has 0 bridgehead atoms. The molecule has 21 heavy (non-hydrogen) atoms. The van der Waals surface area contributed by atoms with Crippen molar-refractivity contribution in [2.24, 2.45) is 0 Å². The number of aromatic nitrogens is 1. The lowest BCUT2D eigenvalue weighted by Gasteiger charge is -2.02. The molecule has 1 aromatic carbocycles. The van der Waals surface area contributed by atoms with Gasteiger partial charge in [0.15, 0.2) is 5.13 Å². The maximum Gasteiger partial charge on any atom is 0.305 e. The quantitative estimate of drug-likeness (QED) is 0.830. The standard InChI is InChI=1S/C15H15N3O2S/c1-20-14(19)7-6-13-10-21-15(18-13)17-9-12-4-2-11(8-16)3-5-12/h2-5,10H,6-7,9H2,1H3,(H,17,18). The Kier molecular flexibility index (Phi) is 5.29. The smallest absolute Gasteiger partial charge is 0.305 e. The minimum atomic E-state index is -0.227. The summed E-state index contributed by atoms with van der Waals surface area (Å²) in [6.45, 7) is 0.648. The summed E-state index contributed by atoms with van der Waals surface area (Å²) in [5, 5.41) is 14.7. The fourth-order valence-electron chi connectivity index (χ4n) is 1.71. The number of anilines is 1. The van der Waals surface area contributed by atoms with Crippen molar-refractivity contribution >= 4 is 22.4 Å². The molecule has 0 atom stereocenters. The first-order valence-corrected chi connectivity index (χ1v) is 7.33. The van der Waals surface area contributed by atoms with E-state index in [-0.39, 0.29) is 5.97 Å². The Bertz CT molecular complexity index is 644. The highest BCUT2D eigenvalue weighted by Crippen LogP contribution is 2.17. The van der Waals surface area contributed by atoms with Crippen LogP contribution < -0.4 is 5.32 Å². The van der Waals surface area contributed by atoms with Gasteiger partial charge in [0.1, 0.15) is 0 Å². The molecule has 0 aliphatic heterocycles. The highest BCUT2D eigenvalue weighted by atomic mass is 32.1. The fourth-order valence-corrected chi connectivity index (χ4v) is 2.45. The maximum atomic E-state index is 11.1. The van der Waals surface area contributed by atoms with E-state index in [1.54, 1.807) is 12.1 Å². The van der Waals surface area contributed by atoms with Crippen molar-refractivity contribution in [3.63, 3.8) is 0 Å². The molecule has 5 nitrogen and oxygen atoms in total. The molecule has 108 valence electrons. The number of ether oxygens (including phenoxy) is 1. The summed E-state index contributed by atoms with van der Waals surface area (Å²) in [7, 11) is 1.38. The second kappa shape index (κ2) is 7.41. The zero-order valence-electron chi connectivity index (χ0n) is 11.6. The van der Waals surface area contributed by atoms with Crippen LogP contribution in [-0.2, 0) is 22.5 Å². The Balaban J connectivity index is 1.84. The van der Waals surface area contributed by atoms with Crippen molar-refractivity contribution in [2.75, 3.05) is 12.4 Å². The lowest BCUT2D eigenvalue weighted by atomic mass is 10.1. The summed E-state index contributed by atoms with van der Waals surface area (Å²) in [5.41, 5.74) is 2.62. The lowest BCUT2D eigenvalue weighted by Crippen LogP contribution is -2.02. The number of nitrogens with zero attached hydrogens (tertiary/aromatic N) is 2. The van der Waals surface area contributed by atoms with E-state index in [1.807, 2.05) is 17.5 Å². The van der Waals surface area contributed by atoms with Crippen LogP contribution in [-0.4, -0.2) is 18.1 Å². The van der Waals surface area contributed by atoms with Gasteiger partial charge in [0.25, 0.3) is 0 Å². The number of methoxy groups -OCH3 is 1. The number of nitrogens with one attached hydrogen (secondary N) is 1. The van der Waals surface area contributed by atoms with Gasteiger partial charge in [-0.3, -0.25) is 4.79 Å². The van der Waals surface area contributed by atoms with E-state index in [0.29, 0.717) is 24.9 Å². The number of carbonyl (C=O) groups excluding carboxylic acids is 1. The van der Waals surface area contributed by atoms with Crippen LogP contribution in [0.4, 0.5) is 5.13 Å². The molecule has 1 aromatic heterocycles. The van der Waals surface area contributed by atoms with Crippen molar-refractivity contribution in [3.05, 3.63) is 46.5 Å². The van der Waals surface area contributed by atoms with Crippen molar-refractivity contribution < 1.29 is 9.53 Å².